The summed E-state index contributed by atoms with van der Waals surface area (Å²) in [4.78, 5) is 9.64. The molecule has 0 saturated heterocycles. The van der Waals surface area contributed by atoms with Gasteiger partial charge in [-0.15, -0.1) is 0 Å². The van der Waals surface area contributed by atoms with E-state index in [0.717, 1.165) is 28.7 Å². The number of anilines is 1. The molecular weight excluding hydrogens is 336 g/mol. The van der Waals surface area contributed by atoms with Gasteiger partial charge in [0, 0.05) is 36.4 Å². The number of fused-ring (bicyclic) bond motifs is 1. The van der Waals surface area contributed by atoms with Crippen LogP contribution in [0.25, 0.3) is 22.2 Å². The molecule has 0 amide bonds. The Balaban J connectivity index is 1.64. The number of hydrogen-bond acceptors (Lipinski definition) is 4. The Morgan fingerprint density at radius 3 is 2.63 bits per heavy atom. The quantitative estimate of drug-likeness (QED) is 0.568. The predicted molar refractivity (Wildman–Crippen MR) is 106 cm³/mol. The molecule has 2 heterocycles. The summed E-state index contributed by atoms with van der Waals surface area (Å²) in [6.45, 7) is 0.732. The van der Waals surface area contributed by atoms with Crippen molar-refractivity contribution < 1.29 is 5.11 Å². The van der Waals surface area contributed by atoms with Gasteiger partial charge >= 0.3 is 0 Å². The zero-order valence-corrected chi connectivity index (χ0v) is 14.8. The van der Waals surface area contributed by atoms with Crippen LogP contribution < -0.4 is 4.90 Å². The molecule has 4 aromatic rings. The van der Waals surface area contributed by atoms with Gasteiger partial charge in [-0.1, -0.05) is 24.3 Å². The Kier molecular flexibility index (Phi) is 4.23. The predicted octanol–water partition coefficient (Wildman–Crippen LogP) is 4.44. The summed E-state index contributed by atoms with van der Waals surface area (Å²) < 4.78 is 0. The number of nitrogens with one attached hydrogen (secondary N) is 1. The highest BCUT2D eigenvalue weighted by atomic mass is 16.3. The molecule has 0 spiro atoms. The lowest BCUT2D eigenvalue weighted by Crippen LogP contribution is -2.16. The zero-order valence-electron chi connectivity index (χ0n) is 14.8. The molecule has 2 aromatic heterocycles. The Morgan fingerprint density at radius 1 is 1.11 bits per heavy atom. The minimum absolute atomic E-state index is 0.0572. The van der Waals surface area contributed by atoms with Gasteiger partial charge in [0.15, 0.2) is 5.88 Å². The van der Waals surface area contributed by atoms with Crippen LogP contribution in [-0.2, 0) is 6.54 Å². The monoisotopic (exact) mass is 354 g/mol. The Labute approximate surface area is 157 Å². The Bertz CT molecular complexity index is 1120. The van der Waals surface area contributed by atoms with Crippen molar-refractivity contribution in [2.24, 2.45) is 0 Å². The molecule has 4 rings (SSSR count). The van der Waals surface area contributed by atoms with Crippen LogP contribution in [-0.4, -0.2) is 22.1 Å². The molecule has 0 atom stereocenters. The van der Waals surface area contributed by atoms with E-state index in [1.54, 1.807) is 18.2 Å². The minimum Gasteiger partial charge on any atom is -0.494 e. The van der Waals surface area contributed by atoms with Crippen LogP contribution in [0, 0.1) is 11.3 Å². The van der Waals surface area contributed by atoms with Crippen LogP contribution >= 0.6 is 0 Å². The summed E-state index contributed by atoms with van der Waals surface area (Å²) in [7, 11) is 2.04. The topological polar surface area (TPSA) is 75.9 Å². The van der Waals surface area contributed by atoms with E-state index >= 15 is 0 Å². The lowest BCUT2D eigenvalue weighted by molar-refractivity contribution is 0.460. The highest BCUT2D eigenvalue weighted by molar-refractivity contribution is 5.98. The second-order valence-corrected chi connectivity index (χ2v) is 6.46. The number of H-pyrrole nitrogens is 1. The first-order chi connectivity index (χ1) is 13.2. The fourth-order valence-electron chi connectivity index (χ4n) is 3.22. The summed E-state index contributed by atoms with van der Waals surface area (Å²) in [5, 5.41) is 20.3. The largest absolute Gasteiger partial charge is 0.494 e. The Morgan fingerprint density at radius 2 is 1.93 bits per heavy atom. The number of para-hydroxylation sites is 1. The maximum atomic E-state index is 10.3. The fourth-order valence-corrected chi connectivity index (χ4v) is 3.22. The van der Waals surface area contributed by atoms with Crippen LogP contribution in [0.4, 0.5) is 5.69 Å². The number of rotatable bonds is 4. The van der Waals surface area contributed by atoms with Gasteiger partial charge in [-0.25, -0.2) is 0 Å². The molecule has 2 aromatic carbocycles. The van der Waals surface area contributed by atoms with Crippen molar-refractivity contribution >= 4 is 16.6 Å². The molecule has 5 nitrogen and oxygen atoms in total. The summed E-state index contributed by atoms with van der Waals surface area (Å²) in [6, 6.07) is 21.5. The third kappa shape index (κ3) is 3.21. The molecule has 2 N–H and O–H groups in total. The number of aromatic amines is 1. The van der Waals surface area contributed by atoms with Gasteiger partial charge in [0.25, 0.3) is 0 Å². The van der Waals surface area contributed by atoms with E-state index in [2.05, 4.69) is 33.1 Å². The number of nitrogens with zero attached hydrogens (tertiary/aromatic N) is 3. The van der Waals surface area contributed by atoms with Crippen molar-refractivity contribution in [3.05, 3.63) is 78.0 Å². The third-order valence-corrected chi connectivity index (χ3v) is 4.61. The van der Waals surface area contributed by atoms with Gasteiger partial charge in [-0.05, 0) is 42.0 Å². The van der Waals surface area contributed by atoms with E-state index in [4.69, 9.17) is 5.26 Å². The molecule has 0 saturated carbocycles. The summed E-state index contributed by atoms with van der Waals surface area (Å²) in [5.74, 6) is 0.0572. The SMILES string of the molecule is CN(Cc1ccc(-c2c(O)[nH]c3ccc(C#N)cc23)nc1)c1ccccc1. The molecule has 27 heavy (non-hydrogen) atoms. The van der Waals surface area contributed by atoms with Crippen LogP contribution in [0.2, 0.25) is 0 Å². The molecule has 0 aliphatic carbocycles. The van der Waals surface area contributed by atoms with Crippen molar-refractivity contribution in [2.45, 2.75) is 6.54 Å². The average molecular weight is 354 g/mol. The van der Waals surface area contributed by atoms with Crippen molar-refractivity contribution in [2.75, 3.05) is 11.9 Å². The van der Waals surface area contributed by atoms with E-state index in [1.165, 1.54) is 0 Å². The van der Waals surface area contributed by atoms with Gasteiger partial charge in [-0.3, -0.25) is 4.98 Å². The van der Waals surface area contributed by atoms with Gasteiger partial charge < -0.3 is 15.0 Å². The maximum absolute atomic E-state index is 10.3. The number of nitriles is 1. The van der Waals surface area contributed by atoms with Gasteiger partial charge in [0.2, 0.25) is 0 Å². The number of aromatic hydroxyl groups is 1. The minimum atomic E-state index is 0.0572. The number of benzene rings is 2. The van der Waals surface area contributed by atoms with Crippen molar-refractivity contribution in [3.63, 3.8) is 0 Å². The lowest BCUT2D eigenvalue weighted by atomic mass is 10.1. The van der Waals surface area contributed by atoms with Crippen molar-refractivity contribution in [1.82, 2.24) is 9.97 Å². The Hall–Kier alpha value is -3.78. The van der Waals surface area contributed by atoms with Crippen LogP contribution in [0.3, 0.4) is 0 Å². The van der Waals surface area contributed by atoms with Gasteiger partial charge in [0.1, 0.15) is 0 Å². The number of pyridine rings is 1. The molecule has 5 heteroatoms. The van der Waals surface area contributed by atoms with Crippen LogP contribution in [0.1, 0.15) is 11.1 Å². The molecule has 0 unspecified atom stereocenters. The third-order valence-electron chi connectivity index (χ3n) is 4.61. The first kappa shape index (κ1) is 16.7. The van der Waals surface area contributed by atoms with Crippen molar-refractivity contribution in [1.29, 1.82) is 5.26 Å². The molecular formula is C22H18N4O. The first-order valence-corrected chi connectivity index (χ1v) is 8.62. The van der Waals surface area contributed by atoms with E-state index in [9.17, 15) is 5.11 Å². The van der Waals surface area contributed by atoms with Crippen LogP contribution in [0.5, 0.6) is 5.88 Å². The standard InChI is InChI=1S/C22H18N4O/c1-26(17-5-3-2-4-6-17)14-16-8-10-20(24-13-16)21-18-11-15(12-23)7-9-19(18)25-22(21)27/h2-11,13,25,27H,14H2,1H3. The fraction of sp³-hybridized carbons (Fsp3) is 0.0909. The molecule has 0 aliphatic heterocycles. The van der Waals surface area contributed by atoms with E-state index in [0.29, 0.717) is 16.8 Å². The van der Waals surface area contributed by atoms with Gasteiger partial charge in [-0.2, -0.15) is 5.26 Å². The smallest absolute Gasteiger partial charge is 0.199 e. The molecule has 0 bridgehead atoms. The first-order valence-electron chi connectivity index (χ1n) is 8.62. The second kappa shape index (κ2) is 6.85. The molecule has 0 aliphatic rings. The van der Waals surface area contributed by atoms with E-state index in [-0.39, 0.29) is 5.88 Å². The molecule has 132 valence electrons. The molecule has 0 radical (unpaired) electrons. The highest BCUT2D eigenvalue weighted by Gasteiger charge is 2.15. The van der Waals surface area contributed by atoms with Crippen LogP contribution in [0.15, 0.2) is 66.9 Å². The van der Waals surface area contributed by atoms with E-state index in [1.807, 2.05) is 43.6 Å². The zero-order chi connectivity index (χ0) is 18.8. The number of aromatic nitrogens is 2. The second-order valence-electron chi connectivity index (χ2n) is 6.46. The normalized spacial score (nSPS) is 10.7. The molecule has 0 fully saturated rings. The average Bonchev–Trinajstić information content (AvgIpc) is 3.04. The highest BCUT2D eigenvalue weighted by Crippen LogP contribution is 2.36. The maximum Gasteiger partial charge on any atom is 0.199 e. The van der Waals surface area contributed by atoms with Gasteiger partial charge in [0.05, 0.1) is 22.9 Å². The van der Waals surface area contributed by atoms with Crippen molar-refractivity contribution in [3.8, 4) is 23.2 Å². The van der Waals surface area contributed by atoms with E-state index < -0.39 is 0 Å². The number of hydrogen-bond donors (Lipinski definition) is 2. The summed E-state index contributed by atoms with van der Waals surface area (Å²) >= 11 is 0. The summed E-state index contributed by atoms with van der Waals surface area (Å²) in [5.41, 5.74) is 4.81. The summed E-state index contributed by atoms with van der Waals surface area (Å²) in [6.07, 6.45) is 1.82. The lowest BCUT2D eigenvalue weighted by Gasteiger charge is -2.19.